The predicted molar refractivity (Wildman–Crippen MR) is 59.5 cm³/mol. The van der Waals surface area contributed by atoms with E-state index in [9.17, 15) is 9.90 Å². The van der Waals surface area contributed by atoms with Gasteiger partial charge in [-0.25, -0.2) is 0 Å². The molecule has 2 nitrogen and oxygen atoms in total. The Hall–Kier alpha value is -0.530. The Bertz CT molecular complexity index is 249. The minimum atomic E-state index is -0.550. The number of carbonyl (C=O) groups is 1. The first kappa shape index (κ1) is 11.0. The van der Waals surface area contributed by atoms with Crippen molar-refractivity contribution < 1.29 is 9.90 Å². The van der Waals surface area contributed by atoms with Gasteiger partial charge in [0.15, 0.2) is 0 Å². The molecular formula is C13H22O2. The van der Waals surface area contributed by atoms with Crippen molar-refractivity contribution in [2.24, 2.45) is 29.6 Å². The molecular weight excluding hydrogens is 188 g/mol. The zero-order valence-electron chi connectivity index (χ0n) is 9.78. The molecule has 86 valence electrons. The molecule has 2 fully saturated rings. The lowest BCUT2D eigenvalue weighted by Crippen LogP contribution is -2.43. The molecule has 2 saturated carbocycles. The Morgan fingerprint density at radius 1 is 1.07 bits per heavy atom. The lowest BCUT2D eigenvalue weighted by molar-refractivity contribution is -0.151. The summed E-state index contributed by atoms with van der Waals surface area (Å²) in [5, 5.41) is 9.33. The van der Waals surface area contributed by atoms with Gasteiger partial charge in [-0.3, -0.25) is 4.79 Å². The molecule has 0 spiro atoms. The molecule has 5 atom stereocenters. The van der Waals surface area contributed by atoms with Gasteiger partial charge in [-0.15, -0.1) is 0 Å². The van der Waals surface area contributed by atoms with E-state index in [-0.39, 0.29) is 5.92 Å². The van der Waals surface area contributed by atoms with E-state index in [1.807, 2.05) is 0 Å². The van der Waals surface area contributed by atoms with Crippen LogP contribution in [0, 0.1) is 29.6 Å². The van der Waals surface area contributed by atoms with Crippen molar-refractivity contribution in [3.63, 3.8) is 0 Å². The van der Waals surface area contributed by atoms with Crippen molar-refractivity contribution in [1.82, 2.24) is 0 Å². The topological polar surface area (TPSA) is 37.3 Å². The average Bonchev–Trinajstić information content (AvgIpc) is 2.17. The standard InChI is InChI=1S/C13H22O2/c1-8-7-9(2)12(13(14)15)11-6-4-3-5-10(8)11/h8-12H,3-7H2,1-2H3,(H,14,15). The third-order valence-electron chi connectivity index (χ3n) is 4.71. The fourth-order valence-corrected chi connectivity index (χ4v) is 4.10. The monoisotopic (exact) mass is 210 g/mol. The van der Waals surface area contributed by atoms with Gasteiger partial charge in [-0.05, 0) is 42.9 Å². The molecule has 0 bridgehead atoms. The number of carboxylic acids is 1. The number of fused-ring (bicyclic) bond motifs is 1. The molecule has 0 heterocycles. The van der Waals surface area contributed by atoms with Crippen LogP contribution >= 0.6 is 0 Å². The highest BCUT2D eigenvalue weighted by molar-refractivity contribution is 5.71. The lowest BCUT2D eigenvalue weighted by atomic mass is 9.58. The van der Waals surface area contributed by atoms with Crippen LogP contribution < -0.4 is 0 Å². The summed E-state index contributed by atoms with van der Waals surface area (Å²) in [6, 6.07) is 0. The van der Waals surface area contributed by atoms with E-state index in [1.54, 1.807) is 0 Å². The van der Waals surface area contributed by atoms with Crippen LogP contribution in [0.5, 0.6) is 0 Å². The SMILES string of the molecule is CC1CC(C)C(C(=O)O)C2CCCCC12. The van der Waals surface area contributed by atoms with Gasteiger partial charge in [0.2, 0.25) is 0 Å². The van der Waals surface area contributed by atoms with Crippen LogP contribution in [0.25, 0.3) is 0 Å². The van der Waals surface area contributed by atoms with E-state index in [0.29, 0.717) is 17.8 Å². The molecule has 2 aliphatic rings. The Labute approximate surface area is 92.1 Å². The van der Waals surface area contributed by atoms with E-state index in [4.69, 9.17) is 0 Å². The van der Waals surface area contributed by atoms with Gasteiger partial charge >= 0.3 is 5.97 Å². The van der Waals surface area contributed by atoms with Crippen molar-refractivity contribution in [1.29, 1.82) is 0 Å². The van der Waals surface area contributed by atoms with Gasteiger partial charge in [0.1, 0.15) is 0 Å². The zero-order chi connectivity index (χ0) is 11.0. The lowest BCUT2D eigenvalue weighted by Gasteiger charge is -2.46. The van der Waals surface area contributed by atoms with Crippen molar-refractivity contribution in [3.8, 4) is 0 Å². The molecule has 2 heteroatoms. The number of hydrogen-bond donors (Lipinski definition) is 1. The fourth-order valence-electron chi connectivity index (χ4n) is 4.10. The highest BCUT2D eigenvalue weighted by atomic mass is 16.4. The number of hydrogen-bond acceptors (Lipinski definition) is 1. The molecule has 0 amide bonds. The number of rotatable bonds is 1. The van der Waals surface area contributed by atoms with Crippen molar-refractivity contribution in [3.05, 3.63) is 0 Å². The van der Waals surface area contributed by atoms with Crippen molar-refractivity contribution in [2.45, 2.75) is 46.0 Å². The van der Waals surface area contributed by atoms with Crippen LogP contribution in [0.15, 0.2) is 0 Å². The quantitative estimate of drug-likeness (QED) is 0.721. The van der Waals surface area contributed by atoms with Crippen LogP contribution in [0.3, 0.4) is 0 Å². The molecule has 0 aromatic heterocycles. The third-order valence-corrected chi connectivity index (χ3v) is 4.71. The van der Waals surface area contributed by atoms with E-state index in [0.717, 1.165) is 18.8 Å². The van der Waals surface area contributed by atoms with E-state index >= 15 is 0 Å². The second kappa shape index (κ2) is 4.15. The summed E-state index contributed by atoms with van der Waals surface area (Å²) in [4.78, 5) is 11.3. The summed E-state index contributed by atoms with van der Waals surface area (Å²) in [5.74, 6) is 1.65. The molecule has 0 saturated heterocycles. The van der Waals surface area contributed by atoms with Gasteiger partial charge in [0, 0.05) is 0 Å². The largest absolute Gasteiger partial charge is 0.481 e. The normalized spacial score (nSPS) is 45.9. The maximum absolute atomic E-state index is 11.3. The predicted octanol–water partition coefficient (Wildman–Crippen LogP) is 3.17. The number of aliphatic carboxylic acids is 1. The van der Waals surface area contributed by atoms with Gasteiger partial charge < -0.3 is 5.11 Å². The van der Waals surface area contributed by atoms with E-state index in [1.165, 1.54) is 19.3 Å². The van der Waals surface area contributed by atoms with E-state index in [2.05, 4.69) is 13.8 Å². The summed E-state index contributed by atoms with van der Waals surface area (Å²) >= 11 is 0. The fraction of sp³-hybridized carbons (Fsp3) is 0.923. The van der Waals surface area contributed by atoms with Crippen LogP contribution in [-0.4, -0.2) is 11.1 Å². The molecule has 0 aromatic carbocycles. The minimum Gasteiger partial charge on any atom is -0.481 e. The first-order valence-corrected chi connectivity index (χ1v) is 6.34. The van der Waals surface area contributed by atoms with Crippen molar-refractivity contribution in [2.75, 3.05) is 0 Å². The molecule has 0 aromatic rings. The van der Waals surface area contributed by atoms with Crippen LogP contribution in [0.4, 0.5) is 0 Å². The highest BCUT2D eigenvalue weighted by Crippen LogP contribution is 2.48. The first-order chi connectivity index (χ1) is 7.11. The van der Waals surface area contributed by atoms with Crippen LogP contribution in [-0.2, 0) is 4.79 Å². The Morgan fingerprint density at radius 2 is 1.67 bits per heavy atom. The second-order valence-electron chi connectivity index (χ2n) is 5.67. The number of carboxylic acid groups (broad SMARTS) is 1. The summed E-state index contributed by atoms with van der Waals surface area (Å²) in [7, 11) is 0. The molecule has 0 radical (unpaired) electrons. The Morgan fingerprint density at radius 3 is 2.27 bits per heavy atom. The summed E-state index contributed by atoms with van der Waals surface area (Å²) in [6.07, 6.45) is 6.08. The Kier molecular flexibility index (Phi) is 3.03. The molecule has 2 aliphatic carbocycles. The van der Waals surface area contributed by atoms with Gasteiger partial charge in [-0.1, -0.05) is 26.7 Å². The molecule has 1 N–H and O–H groups in total. The van der Waals surface area contributed by atoms with E-state index < -0.39 is 5.97 Å². The maximum Gasteiger partial charge on any atom is 0.307 e. The van der Waals surface area contributed by atoms with Crippen LogP contribution in [0.1, 0.15) is 46.0 Å². The summed E-state index contributed by atoms with van der Waals surface area (Å²) in [6.45, 7) is 4.44. The Balaban J connectivity index is 2.19. The highest BCUT2D eigenvalue weighted by Gasteiger charge is 2.45. The molecule has 2 rings (SSSR count). The molecule has 15 heavy (non-hydrogen) atoms. The smallest absolute Gasteiger partial charge is 0.307 e. The minimum absolute atomic E-state index is 0.0634. The van der Waals surface area contributed by atoms with Gasteiger partial charge in [0.05, 0.1) is 5.92 Å². The van der Waals surface area contributed by atoms with Crippen molar-refractivity contribution >= 4 is 5.97 Å². The maximum atomic E-state index is 11.3. The molecule has 5 unspecified atom stereocenters. The second-order valence-corrected chi connectivity index (χ2v) is 5.67. The summed E-state index contributed by atoms with van der Waals surface area (Å²) in [5.41, 5.74) is 0. The first-order valence-electron chi connectivity index (χ1n) is 6.34. The average molecular weight is 210 g/mol. The molecule has 0 aliphatic heterocycles. The zero-order valence-corrected chi connectivity index (χ0v) is 9.78. The van der Waals surface area contributed by atoms with Gasteiger partial charge in [0.25, 0.3) is 0 Å². The van der Waals surface area contributed by atoms with Crippen LogP contribution in [0.2, 0.25) is 0 Å². The third kappa shape index (κ3) is 1.91. The van der Waals surface area contributed by atoms with Gasteiger partial charge in [-0.2, -0.15) is 0 Å². The summed E-state index contributed by atoms with van der Waals surface area (Å²) < 4.78 is 0.